The number of halogens is 1. The number of nitrogens with zero attached hydrogens (tertiary/aromatic N) is 3. The van der Waals surface area contributed by atoms with Crippen molar-refractivity contribution in [3.63, 3.8) is 0 Å². The summed E-state index contributed by atoms with van der Waals surface area (Å²) in [7, 11) is 0. The van der Waals surface area contributed by atoms with E-state index < -0.39 is 0 Å². The lowest BCUT2D eigenvalue weighted by molar-refractivity contribution is 0.464. The van der Waals surface area contributed by atoms with Crippen LogP contribution in [-0.4, -0.2) is 19.2 Å². The van der Waals surface area contributed by atoms with Crippen LogP contribution in [0.15, 0.2) is 60.7 Å². The normalized spacial score (nSPS) is 12.6. The van der Waals surface area contributed by atoms with E-state index in [9.17, 15) is 5.11 Å². The Hall–Kier alpha value is -2.85. The maximum absolute atomic E-state index is 11.1. The minimum atomic E-state index is -0.0240. The van der Waals surface area contributed by atoms with Crippen LogP contribution in [-0.2, 0) is 11.8 Å². The van der Waals surface area contributed by atoms with Crippen molar-refractivity contribution in [3.8, 4) is 11.4 Å². The van der Waals surface area contributed by atoms with Crippen molar-refractivity contribution >= 4 is 22.6 Å². The summed E-state index contributed by atoms with van der Waals surface area (Å²) < 4.78 is 4.06. The highest BCUT2D eigenvalue weighted by Crippen LogP contribution is 2.37. The van der Waals surface area contributed by atoms with Gasteiger partial charge in [0.15, 0.2) is 0 Å². The predicted octanol–water partition coefficient (Wildman–Crippen LogP) is 5.67. The number of phenolic OH excluding ortho intramolecular Hbond substituents is 1. The third kappa shape index (κ3) is 2.60. The molecule has 4 nitrogen and oxygen atoms in total. The fourth-order valence-corrected chi connectivity index (χ4v) is 3.90. The third-order valence-corrected chi connectivity index (χ3v) is 5.60. The Labute approximate surface area is 168 Å². The van der Waals surface area contributed by atoms with Crippen LogP contribution in [0.25, 0.3) is 16.7 Å². The van der Waals surface area contributed by atoms with Crippen molar-refractivity contribution < 1.29 is 5.11 Å². The van der Waals surface area contributed by atoms with Gasteiger partial charge in [-0.15, -0.1) is 14.1 Å². The molecule has 2 aromatic heterocycles. The topological polar surface area (TPSA) is 34.0 Å². The molecular weight excluding hydrogens is 370 g/mol. The van der Waals surface area contributed by atoms with Crippen molar-refractivity contribution in [1.29, 1.82) is 0 Å². The zero-order valence-electron chi connectivity index (χ0n) is 16.1. The molecule has 2 heterocycles. The van der Waals surface area contributed by atoms with E-state index in [1.54, 1.807) is 0 Å². The summed E-state index contributed by atoms with van der Waals surface area (Å²) in [5, 5.41) is 11.8. The van der Waals surface area contributed by atoms with Gasteiger partial charge in [-0.05, 0) is 40.8 Å². The highest BCUT2D eigenvalue weighted by atomic mass is 35.5. The van der Waals surface area contributed by atoms with Gasteiger partial charge in [-0.3, -0.25) is 0 Å². The van der Waals surface area contributed by atoms with Crippen LogP contribution < -0.4 is 0 Å². The smallest absolute Gasteiger partial charge is 0.146 e. The molecule has 0 amide bonds. The fourth-order valence-electron chi connectivity index (χ4n) is 3.73. The van der Waals surface area contributed by atoms with Crippen molar-refractivity contribution in [1.82, 2.24) is 14.1 Å². The molecule has 0 aliphatic heterocycles. The summed E-state index contributed by atoms with van der Waals surface area (Å²) in [4.78, 5) is 2.00. The number of aromatic hydroxyl groups is 1. The number of rotatable bonds is 3. The van der Waals surface area contributed by atoms with Crippen LogP contribution in [0.1, 0.15) is 37.5 Å². The third-order valence-electron chi connectivity index (χ3n) is 5.36. The number of hydrogen-bond donors (Lipinski definition) is 1. The molecule has 142 valence electrons. The van der Waals surface area contributed by atoms with Gasteiger partial charge in [-0.2, -0.15) is 0 Å². The Morgan fingerprint density at radius 1 is 0.893 bits per heavy atom. The van der Waals surface area contributed by atoms with Gasteiger partial charge in [0, 0.05) is 17.0 Å². The summed E-state index contributed by atoms with van der Waals surface area (Å²) >= 11 is 6.15. The number of hydrogen-bond acceptors (Lipinski definition) is 1. The average Bonchev–Trinajstić information content (AvgIpc) is 3.31. The Morgan fingerprint density at radius 2 is 1.61 bits per heavy atom. The summed E-state index contributed by atoms with van der Waals surface area (Å²) in [5.74, 6) is 0.322. The minimum absolute atomic E-state index is 0.0240. The number of aromatic nitrogens is 3. The van der Waals surface area contributed by atoms with Gasteiger partial charge < -0.3 is 5.11 Å². The molecule has 5 heteroatoms. The van der Waals surface area contributed by atoms with E-state index in [4.69, 9.17) is 11.6 Å². The second kappa shape index (κ2) is 5.82. The Balaban J connectivity index is 1.68. The second-order valence-electron chi connectivity index (χ2n) is 8.42. The molecular formula is C23H22ClN3O. The van der Waals surface area contributed by atoms with E-state index >= 15 is 0 Å². The molecule has 0 saturated heterocycles. The molecule has 0 bridgehead atoms. The predicted molar refractivity (Wildman–Crippen MR) is 113 cm³/mol. The van der Waals surface area contributed by atoms with Gasteiger partial charge in [0.1, 0.15) is 22.5 Å². The van der Waals surface area contributed by atoms with Gasteiger partial charge in [0.25, 0.3) is 0 Å². The molecule has 0 fully saturated rings. The molecule has 0 unspecified atom stereocenters. The van der Waals surface area contributed by atoms with Gasteiger partial charge >= 0.3 is 0 Å². The molecule has 5 rings (SSSR count). The zero-order valence-corrected chi connectivity index (χ0v) is 16.9. The number of fused-ring (bicyclic) bond motifs is 4. The van der Waals surface area contributed by atoms with E-state index in [0.29, 0.717) is 17.2 Å². The SMILES string of the molecule is CC(C)(C)c1cc(Cc2ccccc2)c(O)c(-n2n3c4ccc(Cl)cc4n23)c1. The Morgan fingerprint density at radius 3 is 2.32 bits per heavy atom. The van der Waals surface area contributed by atoms with Crippen LogP contribution in [0, 0.1) is 0 Å². The Kier molecular flexibility index (Phi) is 3.59. The number of benzene rings is 3. The first kappa shape index (κ1) is 17.3. The van der Waals surface area contributed by atoms with E-state index in [1.165, 1.54) is 11.1 Å². The van der Waals surface area contributed by atoms with Crippen LogP contribution in [0.5, 0.6) is 5.75 Å². The summed E-state index contributed by atoms with van der Waals surface area (Å²) in [6.07, 6.45) is 0.691. The highest BCUT2D eigenvalue weighted by molar-refractivity contribution is 6.31. The molecule has 0 saturated carbocycles. The first-order valence-electron chi connectivity index (χ1n) is 9.44. The average molecular weight is 392 g/mol. The van der Waals surface area contributed by atoms with E-state index in [0.717, 1.165) is 22.3 Å². The number of phenols is 1. The maximum Gasteiger partial charge on any atom is 0.146 e. The summed E-state index contributed by atoms with van der Waals surface area (Å²) in [6, 6.07) is 20.3. The summed E-state index contributed by atoms with van der Waals surface area (Å²) in [5.41, 5.74) is 6.23. The van der Waals surface area contributed by atoms with Gasteiger partial charge in [0.2, 0.25) is 0 Å². The van der Waals surface area contributed by atoms with Crippen molar-refractivity contribution in [2.75, 3.05) is 0 Å². The monoisotopic (exact) mass is 391 g/mol. The van der Waals surface area contributed by atoms with Crippen molar-refractivity contribution in [2.24, 2.45) is 0 Å². The molecule has 0 atom stereocenters. The molecule has 3 aromatic carbocycles. The quantitative estimate of drug-likeness (QED) is 0.422. The molecule has 28 heavy (non-hydrogen) atoms. The van der Waals surface area contributed by atoms with Gasteiger partial charge in [-0.1, -0.05) is 68.8 Å². The maximum atomic E-state index is 11.1. The minimum Gasteiger partial charge on any atom is -0.505 e. The standard InChI is InChI=1S/C23H22ClN3O/c1-23(2,3)17-12-16(11-15-7-5-4-6-8-15)22(28)21(13-17)27-25-19-10-9-18(24)14-20(19)26(25)27/h4-10,12-14,28H,11H2,1-3H3. The Bertz CT molecular complexity index is 1280. The fraction of sp³-hybridized carbons (Fsp3) is 0.217. The van der Waals surface area contributed by atoms with Crippen molar-refractivity contribution in [2.45, 2.75) is 32.6 Å². The molecule has 0 radical (unpaired) electrons. The van der Waals surface area contributed by atoms with Crippen LogP contribution in [0.2, 0.25) is 5.02 Å². The van der Waals surface area contributed by atoms with Crippen LogP contribution in [0.4, 0.5) is 0 Å². The lowest BCUT2D eigenvalue weighted by Crippen LogP contribution is -2.12. The lowest BCUT2D eigenvalue weighted by atomic mass is 9.85. The second-order valence-corrected chi connectivity index (χ2v) is 8.85. The van der Waals surface area contributed by atoms with E-state index in [-0.39, 0.29) is 5.41 Å². The molecule has 0 spiro atoms. The van der Waals surface area contributed by atoms with E-state index in [1.807, 2.05) is 50.5 Å². The van der Waals surface area contributed by atoms with Gasteiger partial charge in [-0.25, -0.2) is 0 Å². The first-order chi connectivity index (χ1) is 13.3. The zero-order chi connectivity index (χ0) is 19.6. The van der Waals surface area contributed by atoms with Gasteiger partial charge in [0.05, 0.1) is 0 Å². The molecule has 0 aliphatic carbocycles. The lowest BCUT2D eigenvalue weighted by Gasteiger charge is -2.21. The van der Waals surface area contributed by atoms with E-state index in [2.05, 4.69) is 45.0 Å². The van der Waals surface area contributed by atoms with Crippen molar-refractivity contribution in [3.05, 3.63) is 82.4 Å². The molecule has 1 N–H and O–H groups in total. The van der Waals surface area contributed by atoms with Crippen LogP contribution in [0.3, 0.4) is 0 Å². The highest BCUT2D eigenvalue weighted by Gasteiger charge is 2.28. The molecule has 0 aliphatic rings. The van der Waals surface area contributed by atoms with Crippen LogP contribution >= 0.6 is 11.6 Å². The first-order valence-corrected chi connectivity index (χ1v) is 9.82. The summed E-state index contributed by atoms with van der Waals surface area (Å²) in [6.45, 7) is 6.59. The largest absolute Gasteiger partial charge is 0.505 e. The molecule has 5 aromatic rings.